The summed E-state index contributed by atoms with van der Waals surface area (Å²) < 4.78 is 5.59. The second-order valence-corrected chi connectivity index (χ2v) is 4.95. The Morgan fingerprint density at radius 1 is 1.33 bits per heavy atom. The van der Waals surface area contributed by atoms with Crippen LogP contribution in [0.2, 0.25) is 0 Å². The molecule has 1 rings (SSSR count). The van der Waals surface area contributed by atoms with E-state index in [0.29, 0.717) is 6.54 Å². The molecule has 0 aliphatic rings. The Kier molecular flexibility index (Phi) is 6.16. The quantitative estimate of drug-likeness (QED) is 0.746. The van der Waals surface area contributed by atoms with E-state index in [4.69, 9.17) is 4.74 Å². The van der Waals surface area contributed by atoms with Crippen molar-refractivity contribution in [2.45, 2.75) is 45.8 Å². The molecular weight excluding hydrogens is 226 g/mol. The maximum atomic E-state index is 9.88. The fraction of sp³-hybridized carbons (Fsp3) is 0.600. The summed E-state index contributed by atoms with van der Waals surface area (Å²) in [6.07, 6.45) is 1.77. The van der Waals surface area contributed by atoms with Crippen molar-refractivity contribution in [1.82, 2.24) is 5.32 Å². The van der Waals surface area contributed by atoms with Gasteiger partial charge in [-0.05, 0) is 37.5 Å². The summed E-state index contributed by atoms with van der Waals surface area (Å²) in [6, 6.07) is 8.08. The van der Waals surface area contributed by atoms with Gasteiger partial charge in [0.1, 0.15) is 5.75 Å². The van der Waals surface area contributed by atoms with Crippen LogP contribution < -0.4 is 10.1 Å². The highest BCUT2D eigenvalue weighted by atomic mass is 16.5. The van der Waals surface area contributed by atoms with Crippen LogP contribution in [0.4, 0.5) is 0 Å². The van der Waals surface area contributed by atoms with Crippen molar-refractivity contribution < 1.29 is 9.84 Å². The van der Waals surface area contributed by atoms with E-state index in [0.717, 1.165) is 31.7 Å². The van der Waals surface area contributed by atoms with Gasteiger partial charge in [0, 0.05) is 13.1 Å². The Morgan fingerprint density at radius 2 is 2.11 bits per heavy atom. The van der Waals surface area contributed by atoms with Gasteiger partial charge in [-0.2, -0.15) is 0 Å². The summed E-state index contributed by atoms with van der Waals surface area (Å²) in [5, 5.41) is 13.2. The van der Waals surface area contributed by atoms with Crippen molar-refractivity contribution in [2.24, 2.45) is 0 Å². The van der Waals surface area contributed by atoms with Crippen LogP contribution in [-0.2, 0) is 6.54 Å². The Hall–Kier alpha value is -1.06. The average molecular weight is 251 g/mol. The Morgan fingerprint density at radius 3 is 2.78 bits per heavy atom. The monoisotopic (exact) mass is 251 g/mol. The highest BCUT2D eigenvalue weighted by Gasteiger charge is 2.16. The molecule has 1 aromatic rings. The van der Waals surface area contributed by atoms with E-state index in [9.17, 15) is 5.11 Å². The zero-order valence-corrected chi connectivity index (χ0v) is 11.7. The third-order valence-electron chi connectivity index (χ3n) is 2.97. The summed E-state index contributed by atoms with van der Waals surface area (Å²) in [6.45, 7) is 8.03. The minimum absolute atomic E-state index is 0.601. The fourth-order valence-electron chi connectivity index (χ4n) is 1.57. The molecule has 1 unspecified atom stereocenters. The predicted octanol–water partition coefficient (Wildman–Crippen LogP) is 2.73. The first-order valence-electron chi connectivity index (χ1n) is 6.72. The Bertz CT molecular complexity index is 350. The van der Waals surface area contributed by atoms with E-state index in [2.05, 4.69) is 18.3 Å². The van der Waals surface area contributed by atoms with Gasteiger partial charge < -0.3 is 15.2 Å². The van der Waals surface area contributed by atoms with Crippen molar-refractivity contribution in [3.05, 3.63) is 29.8 Å². The number of rotatable bonds is 8. The number of nitrogens with one attached hydrogen (secondary N) is 1. The minimum Gasteiger partial charge on any atom is -0.494 e. The summed E-state index contributed by atoms with van der Waals surface area (Å²) in [4.78, 5) is 0. The molecule has 0 aromatic heterocycles. The second-order valence-electron chi connectivity index (χ2n) is 4.95. The van der Waals surface area contributed by atoms with E-state index in [1.54, 1.807) is 0 Å². The van der Waals surface area contributed by atoms with Gasteiger partial charge in [0.15, 0.2) is 0 Å². The van der Waals surface area contributed by atoms with Crippen molar-refractivity contribution in [1.29, 1.82) is 0 Å². The zero-order chi connectivity index (χ0) is 13.4. The third kappa shape index (κ3) is 5.52. The average Bonchev–Trinajstić information content (AvgIpc) is 2.37. The zero-order valence-electron chi connectivity index (χ0n) is 11.7. The van der Waals surface area contributed by atoms with Crippen LogP contribution in [0.5, 0.6) is 5.75 Å². The van der Waals surface area contributed by atoms with Crippen LogP contribution in [0.3, 0.4) is 0 Å². The van der Waals surface area contributed by atoms with Crippen molar-refractivity contribution in [3.63, 3.8) is 0 Å². The Labute approximate surface area is 110 Å². The van der Waals surface area contributed by atoms with E-state index < -0.39 is 5.60 Å². The molecule has 0 saturated heterocycles. The highest BCUT2D eigenvalue weighted by molar-refractivity contribution is 5.28. The normalized spacial score (nSPS) is 14.2. The fourth-order valence-corrected chi connectivity index (χ4v) is 1.57. The van der Waals surface area contributed by atoms with Gasteiger partial charge in [-0.25, -0.2) is 0 Å². The molecule has 3 heteroatoms. The molecule has 0 bridgehead atoms. The van der Waals surface area contributed by atoms with Crippen LogP contribution in [0, 0.1) is 0 Å². The van der Waals surface area contributed by atoms with E-state index >= 15 is 0 Å². The lowest BCUT2D eigenvalue weighted by molar-refractivity contribution is 0.0555. The lowest BCUT2D eigenvalue weighted by Crippen LogP contribution is -2.36. The summed E-state index contributed by atoms with van der Waals surface area (Å²) in [5.41, 5.74) is 0.548. The van der Waals surface area contributed by atoms with Crippen LogP contribution >= 0.6 is 0 Å². The number of hydrogen-bond donors (Lipinski definition) is 2. The number of hydrogen-bond acceptors (Lipinski definition) is 3. The first-order valence-corrected chi connectivity index (χ1v) is 6.72. The van der Waals surface area contributed by atoms with E-state index in [1.807, 2.05) is 32.0 Å². The van der Waals surface area contributed by atoms with Gasteiger partial charge in [0.25, 0.3) is 0 Å². The molecule has 0 aliphatic heterocycles. The van der Waals surface area contributed by atoms with Gasteiger partial charge in [-0.15, -0.1) is 0 Å². The maximum absolute atomic E-state index is 9.88. The Balaban J connectivity index is 2.42. The predicted molar refractivity (Wildman–Crippen MR) is 74.8 cm³/mol. The first kappa shape index (κ1) is 15.0. The van der Waals surface area contributed by atoms with Crippen LogP contribution in [0.1, 0.15) is 39.2 Å². The molecule has 0 amide bonds. The molecule has 1 aromatic carbocycles. The van der Waals surface area contributed by atoms with Crippen molar-refractivity contribution in [2.75, 3.05) is 13.2 Å². The summed E-state index contributed by atoms with van der Waals surface area (Å²) >= 11 is 0. The molecular formula is C15H25NO2. The van der Waals surface area contributed by atoms with Crippen LogP contribution in [0.25, 0.3) is 0 Å². The number of aliphatic hydroxyl groups is 1. The molecule has 0 aliphatic carbocycles. The summed E-state index contributed by atoms with van der Waals surface area (Å²) in [7, 11) is 0. The van der Waals surface area contributed by atoms with Gasteiger partial charge in [-0.1, -0.05) is 26.0 Å². The minimum atomic E-state index is -0.629. The molecule has 0 spiro atoms. The highest BCUT2D eigenvalue weighted by Crippen LogP contribution is 2.14. The third-order valence-corrected chi connectivity index (χ3v) is 2.97. The van der Waals surface area contributed by atoms with Gasteiger partial charge >= 0.3 is 0 Å². The van der Waals surface area contributed by atoms with E-state index in [1.165, 1.54) is 5.56 Å². The number of ether oxygens (including phenoxy) is 1. The number of benzene rings is 1. The largest absolute Gasteiger partial charge is 0.494 e. The maximum Gasteiger partial charge on any atom is 0.119 e. The molecule has 3 nitrogen and oxygen atoms in total. The van der Waals surface area contributed by atoms with Crippen LogP contribution in [0.15, 0.2) is 24.3 Å². The van der Waals surface area contributed by atoms with Gasteiger partial charge in [-0.3, -0.25) is 0 Å². The summed E-state index contributed by atoms with van der Waals surface area (Å²) in [5.74, 6) is 0.915. The first-order chi connectivity index (χ1) is 8.57. The molecule has 0 fully saturated rings. The molecule has 18 heavy (non-hydrogen) atoms. The van der Waals surface area contributed by atoms with E-state index in [-0.39, 0.29) is 0 Å². The second kappa shape index (κ2) is 7.39. The molecule has 2 N–H and O–H groups in total. The smallest absolute Gasteiger partial charge is 0.119 e. The molecule has 0 radical (unpaired) electrons. The lowest BCUT2D eigenvalue weighted by Gasteiger charge is -2.21. The van der Waals surface area contributed by atoms with Crippen molar-refractivity contribution in [3.8, 4) is 5.75 Å². The van der Waals surface area contributed by atoms with Crippen molar-refractivity contribution >= 4 is 0 Å². The standard InChI is InChI=1S/C15H25NO2/c1-4-9-18-14-8-6-7-13(10-14)11-16-12-15(3,17)5-2/h6-8,10,16-17H,4-5,9,11-12H2,1-3H3. The van der Waals surface area contributed by atoms with Crippen LogP contribution in [-0.4, -0.2) is 23.9 Å². The lowest BCUT2D eigenvalue weighted by atomic mass is 10.0. The molecule has 0 heterocycles. The molecule has 1 atom stereocenters. The van der Waals surface area contributed by atoms with Gasteiger partial charge in [0.2, 0.25) is 0 Å². The molecule has 102 valence electrons. The topological polar surface area (TPSA) is 41.5 Å². The molecule has 0 saturated carbocycles. The van der Waals surface area contributed by atoms with Gasteiger partial charge in [0.05, 0.1) is 12.2 Å². The SMILES string of the molecule is CCCOc1cccc(CNCC(C)(O)CC)c1.